The standard InChI is InChI=1S/C17H26N2O4/c1-18-13-5-7-19(8-6-13)16(20)11-12-9-14(21-2)17(23-4)15(10-12)22-3/h9-10,13,18H,5-8,11H2,1-4H3. The van der Waals surface area contributed by atoms with E-state index in [0.29, 0.717) is 29.7 Å². The Morgan fingerprint density at radius 1 is 1.13 bits per heavy atom. The summed E-state index contributed by atoms with van der Waals surface area (Å²) in [5.74, 6) is 1.82. The summed E-state index contributed by atoms with van der Waals surface area (Å²) in [5, 5.41) is 3.27. The Morgan fingerprint density at radius 2 is 1.70 bits per heavy atom. The Bertz CT molecular complexity index is 514. The summed E-state index contributed by atoms with van der Waals surface area (Å²) in [4.78, 5) is 14.4. The smallest absolute Gasteiger partial charge is 0.226 e. The first-order valence-electron chi connectivity index (χ1n) is 7.86. The van der Waals surface area contributed by atoms with Gasteiger partial charge in [0.05, 0.1) is 27.8 Å². The number of methoxy groups -OCH3 is 3. The monoisotopic (exact) mass is 322 g/mol. The van der Waals surface area contributed by atoms with E-state index < -0.39 is 0 Å². The third kappa shape index (κ3) is 4.07. The van der Waals surface area contributed by atoms with E-state index in [0.717, 1.165) is 31.5 Å². The summed E-state index contributed by atoms with van der Waals surface area (Å²) in [6.07, 6.45) is 2.33. The van der Waals surface area contributed by atoms with Crippen molar-refractivity contribution in [3.05, 3.63) is 17.7 Å². The molecule has 1 heterocycles. The highest BCUT2D eigenvalue weighted by molar-refractivity contribution is 5.79. The molecule has 23 heavy (non-hydrogen) atoms. The Kier molecular flexibility index (Phi) is 6.10. The first-order chi connectivity index (χ1) is 11.1. The number of benzene rings is 1. The third-order valence-corrected chi connectivity index (χ3v) is 4.34. The molecule has 0 unspecified atom stereocenters. The van der Waals surface area contributed by atoms with Crippen LogP contribution in [0, 0.1) is 0 Å². The van der Waals surface area contributed by atoms with Gasteiger partial charge in [-0.25, -0.2) is 0 Å². The molecule has 0 atom stereocenters. The maximum absolute atomic E-state index is 12.5. The minimum Gasteiger partial charge on any atom is -0.493 e. The Morgan fingerprint density at radius 3 is 2.13 bits per heavy atom. The van der Waals surface area contributed by atoms with E-state index in [1.807, 2.05) is 24.1 Å². The zero-order valence-corrected chi connectivity index (χ0v) is 14.3. The fraction of sp³-hybridized carbons (Fsp3) is 0.588. The van der Waals surface area contributed by atoms with E-state index in [2.05, 4.69) is 5.32 Å². The van der Waals surface area contributed by atoms with Gasteiger partial charge >= 0.3 is 0 Å². The molecule has 1 aromatic carbocycles. The number of hydrogen-bond acceptors (Lipinski definition) is 5. The summed E-state index contributed by atoms with van der Waals surface area (Å²) in [6.45, 7) is 1.60. The quantitative estimate of drug-likeness (QED) is 0.859. The highest BCUT2D eigenvalue weighted by Gasteiger charge is 2.22. The van der Waals surface area contributed by atoms with Gasteiger partial charge in [0.15, 0.2) is 11.5 Å². The lowest BCUT2D eigenvalue weighted by atomic mass is 10.0. The molecule has 1 fully saturated rings. The van der Waals surface area contributed by atoms with Gasteiger partial charge < -0.3 is 24.4 Å². The van der Waals surface area contributed by atoms with Crippen molar-refractivity contribution in [2.45, 2.75) is 25.3 Å². The molecule has 2 rings (SSSR count). The van der Waals surface area contributed by atoms with Crippen LogP contribution in [0.15, 0.2) is 12.1 Å². The summed E-state index contributed by atoms with van der Waals surface area (Å²) in [7, 11) is 6.69. The zero-order chi connectivity index (χ0) is 16.8. The molecule has 1 aliphatic rings. The molecule has 1 aliphatic heterocycles. The highest BCUT2D eigenvalue weighted by Crippen LogP contribution is 2.38. The largest absolute Gasteiger partial charge is 0.493 e. The Balaban J connectivity index is 2.09. The van der Waals surface area contributed by atoms with Crippen molar-refractivity contribution >= 4 is 5.91 Å². The van der Waals surface area contributed by atoms with Gasteiger partial charge in [-0.1, -0.05) is 0 Å². The molecular formula is C17H26N2O4. The van der Waals surface area contributed by atoms with E-state index in [1.165, 1.54) is 0 Å². The number of hydrogen-bond donors (Lipinski definition) is 1. The average molecular weight is 322 g/mol. The second kappa shape index (κ2) is 8.06. The number of amides is 1. The van der Waals surface area contributed by atoms with Crippen molar-refractivity contribution in [3.63, 3.8) is 0 Å². The van der Waals surface area contributed by atoms with Crippen molar-refractivity contribution in [2.24, 2.45) is 0 Å². The highest BCUT2D eigenvalue weighted by atomic mass is 16.5. The van der Waals surface area contributed by atoms with Crippen LogP contribution in [0.2, 0.25) is 0 Å². The lowest BCUT2D eigenvalue weighted by Crippen LogP contribution is -2.44. The Labute approximate surface area is 137 Å². The molecular weight excluding hydrogens is 296 g/mol. The lowest BCUT2D eigenvalue weighted by Gasteiger charge is -2.32. The second-order valence-corrected chi connectivity index (χ2v) is 5.65. The number of carbonyl (C=O) groups is 1. The third-order valence-electron chi connectivity index (χ3n) is 4.34. The predicted octanol–water partition coefficient (Wildman–Crippen LogP) is 1.47. The van der Waals surface area contributed by atoms with Crippen molar-refractivity contribution < 1.29 is 19.0 Å². The van der Waals surface area contributed by atoms with Crippen molar-refractivity contribution in [2.75, 3.05) is 41.5 Å². The SMILES string of the molecule is CNC1CCN(C(=O)Cc2cc(OC)c(OC)c(OC)c2)CC1. The first kappa shape index (κ1) is 17.4. The zero-order valence-electron chi connectivity index (χ0n) is 14.3. The van der Waals surface area contributed by atoms with Gasteiger partial charge in [0, 0.05) is 19.1 Å². The lowest BCUT2D eigenvalue weighted by molar-refractivity contribution is -0.131. The van der Waals surface area contributed by atoms with Crippen LogP contribution in [0.4, 0.5) is 0 Å². The molecule has 1 saturated heterocycles. The van der Waals surface area contributed by atoms with Crippen molar-refractivity contribution in [3.8, 4) is 17.2 Å². The molecule has 0 bridgehead atoms. The normalized spacial score (nSPS) is 15.4. The number of piperidine rings is 1. The molecule has 1 N–H and O–H groups in total. The van der Waals surface area contributed by atoms with Crippen LogP contribution in [0.3, 0.4) is 0 Å². The van der Waals surface area contributed by atoms with Crippen LogP contribution in [0.5, 0.6) is 17.2 Å². The number of nitrogens with zero attached hydrogens (tertiary/aromatic N) is 1. The van der Waals surface area contributed by atoms with E-state index in [-0.39, 0.29) is 5.91 Å². The predicted molar refractivity (Wildman–Crippen MR) is 88.5 cm³/mol. The topological polar surface area (TPSA) is 60.0 Å². The van der Waals surface area contributed by atoms with Gasteiger partial charge in [-0.2, -0.15) is 0 Å². The molecule has 0 spiro atoms. The molecule has 1 aromatic rings. The maximum atomic E-state index is 12.5. The second-order valence-electron chi connectivity index (χ2n) is 5.65. The van der Waals surface area contributed by atoms with Gasteiger partial charge in [-0.3, -0.25) is 4.79 Å². The van der Waals surface area contributed by atoms with Crippen LogP contribution >= 0.6 is 0 Å². The van der Waals surface area contributed by atoms with E-state index in [9.17, 15) is 4.79 Å². The molecule has 0 saturated carbocycles. The molecule has 0 radical (unpaired) electrons. The molecule has 0 aliphatic carbocycles. The van der Waals surface area contributed by atoms with Gasteiger partial charge in [0.2, 0.25) is 11.7 Å². The fourth-order valence-electron chi connectivity index (χ4n) is 2.94. The summed E-state index contributed by atoms with van der Waals surface area (Å²) in [5.41, 5.74) is 0.861. The maximum Gasteiger partial charge on any atom is 0.226 e. The number of likely N-dealkylation sites (tertiary alicyclic amines) is 1. The number of carbonyl (C=O) groups excluding carboxylic acids is 1. The van der Waals surface area contributed by atoms with Gasteiger partial charge in [-0.15, -0.1) is 0 Å². The van der Waals surface area contributed by atoms with Gasteiger partial charge in [0.1, 0.15) is 0 Å². The van der Waals surface area contributed by atoms with Crippen molar-refractivity contribution in [1.82, 2.24) is 10.2 Å². The van der Waals surface area contributed by atoms with Crippen molar-refractivity contribution in [1.29, 1.82) is 0 Å². The Hall–Kier alpha value is -1.95. The van der Waals surface area contributed by atoms with Crippen LogP contribution < -0.4 is 19.5 Å². The van der Waals surface area contributed by atoms with Gasteiger partial charge in [0.25, 0.3) is 0 Å². The van der Waals surface area contributed by atoms with Crippen LogP contribution in [0.1, 0.15) is 18.4 Å². The van der Waals surface area contributed by atoms with Crippen LogP contribution in [0.25, 0.3) is 0 Å². The van der Waals surface area contributed by atoms with Crippen LogP contribution in [-0.4, -0.2) is 58.3 Å². The van der Waals surface area contributed by atoms with Crippen LogP contribution in [-0.2, 0) is 11.2 Å². The summed E-state index contributed by atoms with van der Waals surface area (Å²) in [6, 6.07) is 4.18. The minimum atomic E-state index is 0.133. The molecule has 1 amide bonds. The van der Waals surface area contributed by atoms with E-state index in [1.54, 1.807) is 21.3 Å². The number of ether oxygens (including phenoxy) is 3. The first-order valence-corrected chi connectivity index (χ1v) is 7.86. The van der Waals surface area contributed by atoms with E-state index >= 15 is 0 Å². The van der Waals surface area contributed by atoms with Gasteiger partial charge in [-0.05, 0) is 37.6 Å². The molecule has 0 aromatic heterocycles. The van der Waals surface area contributed by atoms with E-state index in [4.69, 9.17) is 14.2 Å². The summed E-state index contributed by atoms with van der Waals surface area (Å²) < 4.78 is 16.0. The molecule has 128 valence electrons. The molecule has 6 nitrogen and oxygen atoms in total. The average Bonchev–Trinajstić information content (AvgIpc) is 2.60. The number of rotatable bonds is 6. The molecule has 6 heteroatoms. The summed E-state index contributed by atoms with van der Waals surface area (Å²) >= 11 is 0. The minimum absolute atomic E-state index is 0.133. The fourth-order valence-corrected chi connectivity index (χ4v) is 2.94. The number of nitrogens with one attached hydrogen (secondary N) is 1.